The van der Waals surface area contributed by atoms with Gasteiger partial charge in [0.25, 0.3) is 0 Å². The van der Waals surface area contributed by atoms with Crippen LogP contribution in [0.4, 0.5) is 13.2 Å². The van der Waals surface area contributed by atoms with Gasteiger partial charge in [-0.05, 0) is 5.56 Å². The molecule has 0 fully saturated rings. The molecule has 0 aliphatic heterocycles. The largest absolute Gasteiger partial charge is 0.425 e. The van der Waals surface area contributed by atoms with Gasteiger partial charge in [0, 0.05) is 0 Å². The van der Waals surface area contributed by atoms with Crippen LogP contribution in [0.3, 0.4) is 0 Å². The molecule has 130 valence electrons. The zero-order valence-electron chi connectivity index (χ0n) is 12.6. The second-order valence-electron chi connectivity index (χ2n) is 4.45. The maximum absolute atomic E-state index is 12.2. The first-order valence-electron chi connectivity index (χ1n) is 6.75. The molecule has 0 atom stereocenters. The Hall–Kier alpha value is -3.42. The van der Waals surface area contributed by atoms with E-state index in [2.05, 4.69) is 25.2 Å². The highest BCUT2D eigenvalue weighted by Gasteiger charge is 2.29. The van der Waals surface area contributed by atoms with Crippen molar-refractivity contribution in [2.24, 2.45) is 10.3 Å². The topological polar surface area (TPSA) is 97.7 Å². The molecule has 0 saturated heterocycles. The number of aromatic nitrogens is 3. The first-order chi connectivity index (χ1) is 12.0. The van der Waals surface area contributed by atoms with Crippen molar-refractivity contribution < 1.29 is 22.8 Å². The Morgan fingerprint density at radius 2 is 1.96 bits per heavy atom. The fraction of sp³-hybridized carbons (Fsp3) is 0.214. The van der Waals surface area contributed by atoms with Crippen molar-refractivity contribution in [2.45, 2.75) is 12.8 Å². The van der Waals surface area contributed by atoms with Gasteiger partial charge in [-0.25, -0.2) is 4.98 Å². The number of nitrogens with zero attached hydrogens (tertiary/aromatic N) is 6. The van der Waals surface area contributed by atoms with Crippen molar-refractivity contribution in [3.8, 4) is 6.07 Å². The Bertz CT molecular complexity index is 766. The van der Waals surface area contributed by atoms with Crippen molar-refractivity contribution in [1.82, 2.24) is 14.8 Å². The summed E-state index contributed by atoms with van der Waals surface area (Å²) in [6.45, 7) is -1.57. The van der Waals surface area contributed by atoms with Gasteiger partial charge in [-0.3, -0.25) is 0 Å². The predicted molar refractivity (Wildman–Crippen MR) is 79.1 cm³/mol. The van der Waals surface area contributed by atoms with Crippen molar-refractivity contribution in [3.05, 3.63) is 48.5 Å². The van der Waals surface area contributed by atoms with E-state index < -0.39 is 24.3 Å². The molecular weight excluding hydrogens is 341 g/mol. The molecule has 1 aromatic heterocycles. The molecule has 0 aliphatic carbocycles. The van der Waals surface area contributed by atoms with Crippen LogP contribution in [0.25, 0.3) is 0 Å². The SMILES string of the molecule is N#CC(=NOCc1ccccc1)C(=NOCC(F)(F)F)n1cncn1. The highest BCUT2D eigenvalue weighted by molar-refractivity contribution is 6.47. The summed E-state index contributed by atoms with van der Waals surface area (Å²) in [5.41, 5.74) is 0.361. The average Bonchev–Trinajstić information content (AvgIpc) is 3.10. The molecule has 0 bridgehead atoms. The van der Waals surface area contributed by atoms with E-state index in [1.807, 2.05) is 6.07 Å². The van der Waals surface area contributed by atoms with E-state index in [0.717, 1.165) is 22.9 Å². The lowest BCUT2D eigenvalue weighted by Crippen LogP contribution is -2.24. The number of nitriles is 1. The Balaban J connectivity index is 2.14. The lowest BCUT2D eigenvalue weighted by atomic mass is 10.2. The molecule has 0 saturated carbocycles. The van der Waals surface area contributed by atoms with Gasteiger partial charge in [-0.2, -0.15) is 28.2 Å². The van der Waals surface area contributed by atoms with E-state index in [1.165, 1.54) is 0 Å². The number of benzene rings is 1. The highest BCUT2D eigenvalue weighted by Crippen LogP contribution is 2.14. The Morgan fingerprint density at radius 3 is 2.56 bits per heavy atom. The van der Waals surface area contributed by atoms with Crippen molar-refractivity contribution in [2.75, 3.05) is 6.61 Å². The molecule has 0 unspecified atom stereocenters. The summed E-state index contributed by atoms with van der Waals surface area (Å²) in [5.74, 6) is -0.391. The Morgan fingerprint density at radius 1 is 1.20 bits per heavy atom. The van der Waals surface area contributed by atoms with Crippen LogP contribution in [0.1, 0.15) is 5.56 Å². The molecule has 0 amide bonds. The molecule has 1 aromatic carbocycles. The summed E-state index contributed by atoms with van der Waals surface area (Å²) in [6, 6.07) is 10.6. The van der Waals surface area contributed by atoms with E-state index in [1.54, 1.807) is 30.3 Å². The van der Waals surface area contributed by atoms with Gasteiger partial charge in [0.15, 0.2) is 0 Å². The smallest absolute Gasteiger partial charge is 0.390 e. The molecule has 2 aromatic rings. The van der Waals surface area contributed by atoms with Crippen LogP contribution in [0.5, 0.6) is 0 Å². The van der Waals surface area contributed by atoms with Gasteiger partial charge in [-0.1, -0.05) is 40.6 Å². The third kappa shape index (κ3) is 5.94. The first kappa shape index (κ1) is 17.9. The highest BCUT2D eigenvalue weighted by atomic mass is 19.4. The number of alkyl halides is 3. The fourth-order valence-corrected chi connectivity index (χ4v) is 1.53. The van der Waals surface area contributed by atoms with Gasteiger partial charge in [-0.15, -0.1) is 0 Å². The molecular formula is C14H11F3N6O2. The average molecular weight is 352 g/mol. The van der Waals surface area contributed by atoms with Crippen molar-refractivity contribution in [3.63, 3.8) is 0 Å². The number of hydrogen-bond acceptors (Lipinski definition) is 7. The summed E-state index contributed by atoms with van der Waals surface area (Å²) in [6.07, 6.45) is -2.34. The molecule has 0 spiro atoms. The molecule has 1 heterocycles. The zero-order chi connectivity index (χ0) is 18.1. The third-order valence-electron chi connectivity index (χ3n) is 2.56. The maximum Gasteiger partial charge on any atom is 0.425 e. The van der Waals surface area contributed by atoms with Crippen LogP contribution in [0.2, 0.25) is 0 Å². The second kappa shape index (κ2) is 8.44. The van der Waals surface area contributed by atoms with E-state index in [0.29, 0.717) is 0 Å². The molecule has 0 radical (unpaired) electrons. The van der Waals surface area contributed by atoms with Crippen molar-refractivity contribution in [1.29, 1.82) is 5.26 Å². The van der Waals surface area contributed by atoms with Crippen molar-refractivity contribution >= 4 is 11.5 Å². The molecule has 11 heteroatoms. The number of hydrogen-bond donors (Lipinski definition) is 0. The third-order valence-corrected chi connectivity index (χ3v) is 2.56. The van der Waals surface area contributed by atoms with E-state index in [9.17, 15) is 18.4 Å². The number of rotatable bonds is 6. The minimum absolute atomic E-state index is 0.0556. The van der Waals surface area contributed by atoms with Crippen LogP contribution in [0.15, 0.2) is 53.3 Å². The zero-order valence-corrected chi connectivity index (χ0v) is 12.6. The molecule has 0 N–H and O–H groups in total. The Kier molecular flexibility index (Phi) is 6.05. The molecule has 0 aliphatic rings. The minimum atomic E-state index is -4.58. The normalized spacial score (nSPS) is 12.6. The van der Waals surface area contributed by atoms with E-state index >= 15 is 0 Å². The summed E-state index contributed by atoms with van der Waals surface area (Å²) in [7, 11) is 0. The van der Waals surface area contributed by atoms with Gasteiger partial charge in [0.05, 0.1) is 0 Å². The van der Waals surface area contributed by atoms with Crippen LogP contribution >= 0.6 is 0 Å². The fourth-order valence-electron chi connectivity index (χ4n) is 1.53. The van der Waals surface area contributed by atoms with Crippen LogP contribution < -0.4 is 0 Å². The standard InChI is InChI=1S/C14H11F3N6O2/c15-14(16,17)8-25-22-13(23-10-19-9-20-23)12(6-18)21-24-7-11-4-2-1-3-5-11/h1-5,9-10H,7-8H2. The Labute approximate surface area is 139 Å². The van der Waals surface area contributed by atoms with E-state index in [4.69, 9.17) is 4.84 Å². The number of oxime groups is 2. The van der Waals surface area contributed by atoms with Gasteiger partial charge >= 0.3 is 6.18 Å². The monoisotopic (exact) mass is 352 g/mol. The molecule has 25 heavy (non-hydrogen) atoms. The predicted octanol–water partition coefficient (Wildman–Crippen LogP) is 2.11. The van der Waals surface area contributed by atoms with Crippen LogP contribution in [0, 0.1) is 11.3 Å². The van der Waals surface area contributed by atoms with Crippen LogP contribution in [-0.2, 0) is 16.3 Å². The molecule has 8 nitrogen and oxygen atoms in total. The quantitative estimate of drug-likeness (QED) is 0.451. The van der Waals surface area contributed by atoms with Crippen LogP contribution in [-0.4, -0.2) is 39.1 Å². The summed E-state index contributed by atoms with van der Waals surface area (Å²) in [4.78, 5) is 12.9. The van der Waals surface area contributed by atoms with Gasteiger partial charge in [0.1, 0.15) is 25.3 Å². The van der Waals surface area contributed by atoms with Gasteiger partial charge in [0.2, 0.25) is 18.2 Å². The lowest BCUT2D eigenvalue weighted by Gasteiger charge is -2.06. The summed E-state index contributed by atoms with van der Waals surface area (Å²) < 4.78 is 37.5. The first-order valence-corrected chi connectivity index (χ1v) is 6.75. The summed E-state index contributed by atoms with van der Waals surface area (Å²) in [5, 5.41) is 19.7. The maximum atomic E-state index is 12.2. The van der Waals surface area contributed by atoms with E-state index in [-0.39, 0.29) is 6.61 Å². The van der Waals surface area contributed by atoms with Gasteiger partial charge < -0.3 is 9.68 Å². The minimum Gasteiger partial charge on any atom is -0.390 e. The lowest BCUT2D eigenvalue weighted by molar-refractivity contribution is -0.173. The summed E-state index contributed by atoms with van der Waals surface area (Å²) >= 11 is 0. The second-order valence-corrected chi connectivity index (χ2v) is 4.45. The number of halogens is 3. The molecule has 2 rings (SSSR count).